The average Bonchev–Trinajstić information content (AvgIpc) is 2.41. The molecule has 0 spiro atoms. The minimum absolute atomic E-state index is 0.762. The van der Waals surface area contributed by atoms with Crippen LogP contribution in [0.3, 0.4) is 0 Å². The van der Waals surface area contributed by atoms with Crippen LogP contribution >= 0.6 is 15.9 Å². The molecule has 3 nitrogen and oxygen atoms in total. The number of hydrogen-bond donors (Lipinski definition) is 1. The second kappa shape index (κ2) is 7.25. The van der Waals surface area contributed by atoms with Gasteiger partial charge in [-0.3, -0.25) is 0 Å². The molecule has 0 bridgehead atoms. The number of aromatic nitrogens is 1. The summed E-state index contributed by atoms with van der Waals surface area (Å²) in [6, 6.07) is 2.78. The van der Waals surface area contributed by atoms with Gasteiger partial charge in [-0.1, -0.05) is 6.42 Å². The van der Waals surface area contributed by atoms with Gasteiger partial charge >= 0.3 is 0 Å². The van der Waals surface area contributed by atoms with E-state index in [1.807, 2.05) is 12.3 Å². The molecule has 2 rings (SSSR count). The predicted octanol–water partition coefficient (Wildman–Crippen LogP) is 3.83. The molecule has 0 amide bonds. The van der Waals surface area contributed by atoms with Crippen molar-refractivity contribution < 1.29 is 0 Å². The molecule has 1 fully saturated rings. The van der Waals surface area contributed by atoms with E-state index in [2.05, 4.69) is 45.0 Å². The molecule has 2 heterocycles. The van der Waals surface area contributed by atoms with Crippen LogP contribution in [0, 0.1) is 6.92 Å². The van der Waals surface area contributed by atoms with Crippen molar-refractivity contribution in [2.75, 3.05) is 25.0 Å². The van der Waals surface area contributed by atoms with E-state index in [1.54, 1.807) is 0 Å². The Morgan fingerprint density at radius 2 is 2.32 bits per heavy atom. The van der Waals surface area contributed by atoms with Gasteiger partial charge in [0.1, 0.15) is 5.82 Å². The number of nitrogens with zero attached hydrogens (tertiary/aromatic N) is 2. The highest BCUT2D eigenvalue weighted by atomic mass is 79.9. The molecule has 0 saturated carbocycles. The van der Waals surface area contributed by atoms with E-state index in [0.29, 0.717) is 0 Å². The van der Waals surface area contributed by atoms with E-state index in [0.717, 1.165) is 22.9 Å². The molecular weight excluding hydrogens is 302 g/mol. The number of pyridine rings is 1. The third-order valence-corrected chi connectivity index (χ3v) is 4.94. The van der Waals surface area contributed by atoms with Crippen LogP contribution in [0.15, 0.2) is 16.7 Å². The fourth-order valence-electron chi connectivity index (χ4n) is 2.64. The molecule has 0 aromatic carbocycles. The van der Waals surface area contributed by atoms with E-state index < -0.39 is 0 Å². The Morgan fingerprint density at radius 1 is 1.47 bits per heavy atom. The Hall–Kier alpha value is -0.610. The van der Waals surface area contributed by atoms with Crippen molar-refractivity contribution in [3.8, 4) is 0 Å². The molecule has 19 heavy (non-hydrogen) atoms. The second-order valence-electron chi connectivity index (χ2n) is 5.45. The van der Waals surface area contributed by atoms with Crippen molar-refractivity contribution in [2.45, 2.75) is 45.6 Å². The molecule has 1 aromatic rings. The monoisotopic (exact) mass is 325 g/mol. The van der Waals surface area contributed by atoms with Crippen molar-refractivity contribution in [3.63, 3.8) is 0 Å². The summed E-state index contributed by atoms with van der Waals surface area (Å²) in [5.41, 5.74) is 1.22. The number of hydrogen-bond acceptors (Lipinski definition) is 3. The van der Waals surface area contributed by atoms with Gasteiger partial charge < -0.3 is 10.2 Å². The van der Waals surface area contributed by atoms with Crippen LogP contribution in [-0.2, 0) is 0 Å². The summed E-state index contributed by atoms with van der Waals surface area (Å²) in [6.45, 7) is 7.89. The minimum atomic E-state index is 0.762. The Morgan fingerprint density at radius 3 is 3.11 bits per heavy atom. The highest BCUT2D eigenvalue weighted by Crippen LogP contribution is 2.23. The predicted molar refractivity (Wildman–Crippen MR) is 84.7 cm³/mol. The first kappa shape index (κ1) is 14.8. The number of nitrogens with one attached hydrogen (secondary N) is 1. The van der Waals surface area contributed by atoms with E-state index in [-0.39, 0.29) is 0 Å². The molecule has 1 aromatic heterocycles. The zero-order valence-corrected chi connectivity index (χ0v) is 13.5. The molecule has 4 heteroatoms. The highest BCUT2D eigenvalue weighted by molar-refractivity contribution is 9.10. The summed E-state index contributed by atoms with van der Waals surface area (Å²) in [5, 5.41) is 3.42. The van der Waals surface area contributed by atoms with E-state index >= 15 is 0 Å². The summed E-state index contributed by atoms with van der Waals surface area (Å²) in [7, 11) is 0. The van der Waals surface area contributed by atoms with Gasteiger partial charge in [0.2, 0.25) is 0 Å². The van der Waals surface area contributed by atoms with Gasteiger partial charge in [0.15, 0.2) is 0 Å². The van der Waals surface area contributed by atoms with E-state index in [9.17, 15) is 0 Å². The lowest BCUT2D eigenvalue weighted by atomic mass is 10.0. The summed E-state index contributed by atoms with van der Waals surface area (Å²) < 4.78 is 1.08. The quantitative estimate of drug-likeness (QED) is 0.834. The SMILES string of the molecule is Cc1ccnc(NCCCN2CCCCC2C)c1Br. The fourth-order valence-corrected chi connectivity index (χ4v) is 3.02. The Balaban J connectivity index is 1.73. The Labute approximate surface area is 124 Å². The zero-order chi connectivity index (χ0) is 13.7. The number of piperidine rings is 1. The third kappa shape index (κ3) is 4.18. The molecule has 106 valence electrons. The molecular formula is C15H24BrN3. The second-order valence-corrected chi connectivity index (χ2v) is 6.24. The van der Waals surface area contributed by atoms with Gasteiger partial charge in [-0.05, 0) is 67.2 Å². The normalized spacial score (nSPS) is 20.5. The summed E-state index contributed by atoms with van der Waals surface area (Å²) >= 11 is 3.58. The number of halogens is 1. The van der Waals surface area contributed by atoms with Crippen LogP contribution < -0.4 is 5.32 Å². The lowest BCUT2D eigenvalue weighted by molar-refractivity contribution is 0.160. The highest BCUT2D eigenvalue weighted by Gasteiger charge is 2.17. The van der Waals surface area contributed by atoms with Crippen LogP contribution in [0.4, 0.5) is 5.82 Å². The van der Waals surface area contributed by atoms with Crippen LogP contribution in [0.2, 0.25) is 0 Å². The molecule has 1 saturated heterocycles. The molecule has 1 aliphatic heterocycles. The molecule has 1 aliphatic rings. The van der Waals surface area contributed by atoms with Crippen LogP contribution in [0.1, 0.15) is 38.2 Å². The van der Waals surface area contributed by atoms with Crippen LogP contribution in [-0.4, -0.2) is 35.6 Å². The summed E-state index contributed by atoms with van der Waals surface area (Å²) in [4.78, 5) is 6.98. The summed E-state index contributed by atoms with van der Waals surface area (Å²) in [5.74, 6) is 0.965. The van der Waals surface area contributed by atoms with E-state index in [4.69, 9.17) is 0 Å². The van der Waals surface area contributed by atoms with Gasteiger partial charge in [0.25, 0.3) is 0 Å². The molecule has 0 radical (unpaired) electrons. The van der Waals surface area contributed by atoms with Gasteiger partial charge in [0, 0.05) is 25.3 Å². The Bertz CT molecular complexity index is 408. The standard InChI is InChI=1S/C15H24BrN3/c1-12-7-9-18-15(14(12)16)17-8-5-11-19-10-4-3-6-13(19)2/h7,9,13H,3-6,8,10-11H2,1-2H3,(H,17,18). The third-order valence-electron chi connectivity index (χ3n) is 3.94. The number of aryl methyl sites for hydroxylation is 1. The number of anilines is 1. The van der Waals surface area contributed by atoms with Crippen molar-refractivity contribution in [2.24, 2.45) is 0 Å². The minimum Gasteiger partial charge on any atom is -0.369 e. The first-order valence-electron chi connectivity index (χ1n) is 7.27. The topological polar surface area (TPSA) is 28.2 Å². The lowest BCUT2D eigenvalue weighted by Gasteiger charge is -2.33. The Kier molecular flexibility index (Phi) is 5.64. The molecule has 1 atom stereocenters. The maximum Gasteiger partial charge on any atom is 0.140 e. The first-order valence-corrected chi connectivity index (χ1v) is 8.07. The summed E-state index contributed by atoms with van der Waals surface area (Å²) in [6.07, 6.45) is 7.15. The fraction of sp³-hybridized carbons (Fsp3) is 0.667. The first-order chi connectivity index (χ1) is 9.18. The smallest absolute Gasteiger partial charge is 0.140 e. The number of likely N-dealkylation sites (tertiary alicyclic amines) is 1. The van der Waals surface area contributed by atoms with Gasteiger partial charge in [0.05, 0.1) is 4.47 Å². The van der Waals surface area contributed by atoms with Gasteiger partial charge in [-0.2, -0.15) is 0 Å². The van der Waals surface area contributed by atoms with Gasteiger partial charge in [-0.15, -0.1) is 0 Å². The van der Waals surface area contributed by atoms with Crippen molar-refractivity contribution >= 4 is 21.7 Å². The average molecular weight is 326 g/mol. The van der Waals surface area contributed by atoms with Crippen LogP contribution in [0.5, 0.6) is 0 Å². The number of rotatable bonds is 5. The van der Waals surface area contributed by atoms with Crippen molar-refractivity contribution in [1.82, 2.24) is 9.88 Å². The van der Waals surface area contributed by atoms with Crippen LogP contribution in [0.25, 0.3) is 0 Å². The molecule has 1 N–H and O–H groups in total. The zero-order valence-electron chi connectivity index (χ0n) is 12.0. The van der Waals surface area contributed by atoms with Gasteiger partial charge in [-0.25, -0.2) is 4.98 Å². The van der Waals surface area contributed by atoms with Crippen molar-refractivity contribution in [1.29, 1.82) is 0 Å². The molecule has 1 unspecified atom stereocenters. The maximum atomic E-state index is 4.37. The van der Waals surface area contributed by atoms with Crippen molar-refractivity contribution in [3.05, 3.63) is 22.3 Å². The maximum absolute atomic E-state index is 4.37. The molecule has 0 aliphatic carbocycles. The van der Waals surface area contributed by atoms with E-state index in [1.165, 1.54) is 44.3 Å². The largest absolute Gasteiger partial charge is 0.369 e. The lowest BCUT2D eigenvalue weighted by Crippen LogP contribution is -2.38.